The van der Waals surface area contributed by atoms with Crippen molar-refractivity contribution in [3.8, 4) is 0 Å². The number of thioether (sulfide) groups is 1. The number of thiazole rings is 1. The molecule has 2 aromatic heterocycles. The molecule has 0 aliphatic carbocycles. The van der Waals surface area contributed by atoms with Gasteiger partial charge in [0, 0.05) is 36.5 Å². The van der Waals surface area contributed by atoms with Crippen molar-refractivity contribution in [1.29, 1.82) is 0 Å². The summed E-state index contributed by atoms with van der Waals surface area (Å²) < 4.78 is 1.52. The number of amides is 1. The van der Waals surface area contributed by atoms with Crippen LogP contribution in [0.5, 0.6) is 0 Å². The fraction of sp³-hybridized carbons (Fsp3) is 0.500. The number of hydrogen-bond acceptors (Lipinski definition) is 6. The van der Waals surface area contributed by atoms with Gasteiger partial charge in [-0.25, -0.2) is 4.98 Å². The summed E-state index contributed by atoms with van der Waals surface area (Å²) in [5.41, 5.74) is 0.642. The summed E-state index contributed by atoms with van der Waals surface area (Å²) in [5.74, 6) is 0.946. The number of hydrogen-bond donors (Lipinski definition) is 2. The molecule has 22 heavy (non-hydrogen) atoms. The second-order valence-corrected chi connectivity index (χ2v) is 6.59. The van der Waals surface area contributed by atoms with Crippen molar-refractivity contribution in [3.63, 3.8) is 0 Å². The Morgan fingerprint density at radius 1 is 1.41 bits per heavy atom. The van der Waals surface area contributed by atoms with Gasteiger partial charge >= 0.3 is 0 Å². The highest BCUT2D eigenvalue weighted by molar-refractivity contribution is 7.99. The molecule has 2 rings (SSSR count). The maximum atomic E-state index is 11.8. The monoisotopic (exact) mass is 340 g/mol. The predicted octanol–water partition coefficient (Wildman–Crippen LogP) is 1.10. The van der Waals surface area contributed by atoms with Crippen LogP contribution in [0.1, 0.15) is 19.0 Å². The van der Waals surface area contributed by atoms with Crippen LogP contribution < -0.4 is 16.2 Å². The fourth-order valence-corrected chi connectivity index (χ4v) is 3.34. The van der Waals surface area contributed by atoms with E-state index in [-0.39, 0.29) is 11.5 Å². The van der Waals surface area contributed by atoms with Gasteiger partial charge in [-0.2, -0.15) is 0 Å². The standard InChI is InChI=1S/C14H20N4O2S2/c1-2-3-15-4-5-16-12(19)10-21-9-11-8-13(20)18-6-7-22-14(18)17-11/h6-8,15H,2-5,9-10H2,1H3,(H,16,19). The van der Waals surface area contributed by atoms with E-state index in [2.05, 4.69) is 22.5 Å². The van der Waals surface area contributed by atoms with Gasteiger partial charge in [0.2, 0.25) is 5.91 Å². The molecule has 0 fully saturated rings. The zero-order valence-electron chi connectivity index (χ0n) is 12.5. The Morgan fingerprint density at radius 2 is 2.27 bits per heavy atom. The summed E-state index contributed by atoms with van der Waals surface area (Å²) in [6.45, 7) is 4.50. The van der Waals surface area contributed by atoms with E-state index in [1.54, 1.807) is 6.20 Å². The number of nitrogens with zero attached hydrogens (tertiary/aromatic N) is 2. The molecule has 0 atom stereocenters. The number of carbonyl (C=O) groups excluding carboxylic acids is 1. The molecule has 2 N–H and O–H groups in total. The Hall–Kier alpha value is -1.38. The zero-order chi connectivity index (χ0) is 15.8. The van der Waals surface area contributed by atoms with Crippen LogP contribution in [0.2, 0.25) is 0 Å². The van der Waals surface area contributed by atoms with E-state index < -0.39 is 0 Å². The van der Waals surface area contributed by atoms with Crippen molar-refractivity contribution in [2.45, 2.75) is 19.1 Å². The Bertz CT molecular complexity index is 668. The topological polar surface area (TPSA) is 75.5 Å². The number of nitrogens with one attached hydrogen (secondary N) is 2. The zero-order valence-corrected chi connectivity index (χ0v) is 14.1. The first kappa shape index (κ1) is 17.0. The molecule has 0 spiro atoms. The van der Waals surface area contributed by atoms with Crippen LogP contribution in [0.3, 0.4) is 0 Å². The highest BCUT2D eigenvalue weighted by atomic mass is 32.2. The molecule has 2 heterocycles. The van der Waals surface area contributed by atoms with E-state index in [4.69, 9.17) is 0 Å². The third kappa shape index (κ3) is 5.11. The van der Waals surface area contributed by atoms with Crippen LogP contribution in [-0.4, -0.2) is 40.7 Å². The van der Waals surface area contributed by atoms with Crippen LogP contribution in [0.15, 0.2) is 22.4 Å². The highest BCUT2D eigenvalue weighted by Gasteiger charge is 2.05. The maximum Gasteiger partial charge on any atom is 0.258 e. The van der Waals surface area contributed by atoms with Crippen molar-refractivity contribution in [1.82, 2.24) is 20.0 Å². The molecule has 0 bridgehead atoms. The van der Waals surface area contributed by atoms with Crippen molar-refractivity contribution >= 4 is 34.0 Å². The molecule has 0 saturated carbocycles. The molecule has 0 radical (unpaired) electrons. The lowest BCUT2D eigenvalue weighted by Crippen LogP contribution is -2.33. The van der Waals surface area contributed by atoms with Crippen LogP contribution in [-0.2, 0) is 10.5 Å². The fourth-order valence-electron chi connectivity index (χ4n) is 1.85. The molecule has 6 nitrogen and oxygen atoms in total. The van der Waals surface area contributed by atoms with E-state index in [0.717, 1.165) is 25.2 Å². The van der Waals surface area contributed by atoms with Gasteiger partial charge in [0.25, 0.3) is 5.56 Å². The largest absolute Gasteiger partial charge is 0.354 e. The lowest BCUT2D eigenvalue weighted by Gasteiger charge is -2.06. The first-order valence-corrected chi connectivity index (χ1v) is 9.25. The van der Waals surface area contributed by atoms with Gasteiger partial charge in [0.15, 0.2) is 4.96 Å². The first-order valence-electron chi connectivity index (χ1n) is 7.21. The maximum absolute atomic E-state index is 11.8. The lowest BCUT2D eigenvalue weighted by atomic mass is 10.4. The Morgan fingerprint density at radius 3 is 3.09 bits per heavy atom. The quantitative estimate of drug-likeness (QED) is 0.669. The summed E-state index contributed by atoms with van der Waals surface area (Å²) in [6, 6.07) is 1.53. The minimum Gasteiger partial charge on any atom is -0.354 e. The number of carbonyl (C=O) groups is 1. The van der Waals surface area contributed by atoms with Gasteiger partial charge in [-0.15, -0.1) is 23.1 Å². The predicted molar refractivity (Wildman–Crippen MR) is 91.7 cm³/mol. The van der Waals surface area contributed by atoms with Crippen molar-refractivity contribution in [3.05, 3.63) is 33.7 Å². The molecule has 0 aromatic carbocycles. The van der Waals surface area contributed by atoms with Gasteiger partial charge in [-0.05, 0) is 13.0 Å². The Labute approximate surface area is 137 Å². The smallest absolute Gasteiger partial charge is 0.258 e. The third-order valence-corrected chi connectivity index (χ3v) is 4.61. The molecule has 0 saturated heterocycles. The Balaban J connectivity index is 1.71. The second kappa shape index (κ2) is 8.92. The summed E-state index contributed by atoms with van der Waals surface area (Å²) in [5, 5.41) is 7.92. The summed E-state index contributed by atoms with van der Waals surface area (Å²) in [7, 11) is 0. The lowest BCUT2D eigenvalue weighted by molar-refractivity contribution is -0.118. The molecule has 2 aromatic rings. The van der Waals surface area contributed by atoms with Gasteiger partial charge in [-0.3, -0.25) is 14.0 Å². The summed E-state index contributed by atoms with van der Waals surface area (Å²) in [4.78, 5) is 28.6. The normalized spacial score (nSPS) is 11.0. The van der Waals surface area contributed by atoms with E-state index >= 15 is 0 Å². The molecule has 8 heteroatoms. The van der Waals surface area contributed by atoms with Gasteiger partial charge in [-0.1, -0.05) is 6.92 Å². The van der Waals surface area contributed by atoms with Crippen LogP contribution >= 0.6 is 23.1 Å². The molecule has 0 aliphatic heterocycles. The highest BCUT2D eigenvalue weighted by Crippen LogP contribution is 2.12. The Kier molecular flexibility index (Phi) is 6.88. The number of aromatic nitrogens is 2. The van der Waals surface area contributed by atoms with E-state index in [1.807, 2.05) is 5.38 Å². The average molecular weight is 340 g/mol. The van der Waals surface area contributed by atoms with Gasteiger partial charge in [0.1, 0.15) is 0 Å². The minimum atomic E-state index is -0.0756. The molecule has 0 unspecified atom stereocenters. The molecular formula is C14H20N4O2S2. The van der Waals surface area contributed by atoms with E-state index in [9.17, 15) is 9.59 Å². The SMILES string of the molecule is CCCNCCNC(=O)CSCc1cc(=O)n2ccsc2n1. The van der Waals surface area contributed by atoms with E-state index in [1.165, 1.54) is 33.6 Å². The third-order valence-electron chi connectivity index (χ3n) is 2.89. The molecule has 120 valence electrons. The molecule has 1 amide bonds. The summed E-state index contributed by atoms with van der Waals surface area (Å²) in [6.07, 6.45) is 2.80. The first-order chi connectivity index (χ1) is 10.7. The van der Waals surface area contributed by atoms with Gasteiger partial charge in [0.05, 0.1) is 11.4 Å². The number of fused-ring (bicyclic) bond motifs is 1. The summed E-state index contributed by atoms with van der Waals surface area (Å²) >= 11 is 2.89. The molecular weight excluding hydrogens is 320 g/mol. The van der Waals surface area contributed by atoms with Crippen LogP contribution in [0, 0.1) is 0 Å². The average Bonchev–Trinajstić information content (AvgIpc) is 2.96. The van der Waals surface area contributed by atoms with Crippen molar-refractivity contribution in [2.75, 3.05) is 25.4 Å². The molecule has 0 aliphatic rings. The van der Waals surface area contributed by atoms with Crippen molar-refractivity contribution < 1.29 is 4.79 Å². The van der Waals surface area contributed by atoms with Crippen LogP contribution in [0.4, 0.5) is 0 Å². The van der Waals surface area contributed by atoms with E-state index in [0.29, 0.717) is 23.0 Å². The van der Waals surface area contributed by atoms with Crippen LogP contribution in [0.25, 0.3) is 4.96 Å². The van der Waals surface area contributed by atoms with Crippen molar-refractivity contribution in [2.24, 2.45) is 0 Å². The minimum absolute atomic E-state index is 0.0113. The number of rotatable bonds is 9. The second-order valence-electron chi connectivity index (χ2n) is 4.73. The van der Waals surface area contributed by atoms with Gasteiger partial charge < -0.3 is 10.6 Å².